The van der Waals surface area contributed by atoms with E-state index in [1.807, 2.05) is 44.2 Å². The standard InChI is InChI=1S/C15H24N2O2/c1-3-7-12(10-16)14(19)17-15(2,11-18)13-8-5-4-6-9-13/h4-6,8-9,12,18H,3,7,10-11,16H2,1-2H3,(H,17,19). The predicted molar refractivity (Wildman–Crippen MR) is 76.5 cm³/mol. The van der Waals surface area contributed by atoms with E-state index in [1.54, 1.807) is 0 Å². The van der Waals surface area contributed by atoms with Crippen LogP contribution >= 0.6 is 0 Å². The molecule has 0 saturated carbocycles. The van der Waals surface area contributed by atoms with Crippen LogP contribution in [0.1, 0.15) is 32.3 Å². The number of aliphatic hydroxyl groups excluding tert-OH is 1. The molecular weight excluding hydrogens is 240 g/mol. The molecule has 0 aliphatic heterocycles. The largest absolute Gasteiger partial charge is 0.394 e. The molecular formula is C15H24N2O2. The van der Waals surface area contributed by atoms with Crippen LogP contribution in [0.2, 0.25) is 0 Å². The molecule has 0 aliphatic carbocycles. The van der Waals surface area contributed by atoms with Crippen molar-refractivity contribution in [3.63, 3.8) is 0 Å². The summed E-state index contributed by atoms with van der Waals surface area (Å²) in [6.07, 6.45) is 1.68. The summed E-state index contributed by atoms with van der Waals surface area (Å²) < 4.78 is 0. The summed E-state index contributed by atoms with van der Waals surface area (Å²) in [4.78, 5) is 12.2. The average Bonchev–Trinajstić information content (AvgIpc) is 2.45. The SMILES string of the molecule is CCCC(CN)C(=O)NC(C)(CO)c1ccccc1. The van der Waals surface area contributed by atoms with Crippen LogP contribution in [0.25, 0.3) is 0 Å². The molecule has 0 aliphatic rings. The van der Waals surface area contributed by atoms with Crippen molar-refractivity contribution >= 4 is 5.91 Å². The van der Waals surface area contributed by atoms with Crippen LogP contribution in [0.3, 0.4) is 0 Å². The topological polar surface area (TPSA) is 75.4 Å². The Morgan fingerprint density at radius 2 is 2.05 bits per heavy atom. The van der Waals surface area contributed by atoms with Gasteiger partial charge in [-0.3, -0.25) is 4.79 Å². The number of nitrogens with two attached hydrogens (primary N) is 1. The monoisotopic (exact) mass is 264 g/mol. The second-order valence-corrected chi connectivity index (χ2v) is 5.07. The van der Waals surface area contributed by atoms with E-state index in [1.165, 1.54) is 0 Å². The van der Waals surface area contributed by atoms with Gasteiger partial charge >= 0.3 is 0 Å². The van der Waals surface area contributed by atoms with Crippen molar-refractivity contribution in [1.29, 1.82) is 0 Å². The molecule has 0 fully saturated rings. The highest BCUT2D eigenvalue weighted by molar-refractivity contribution is 5.79. The lowest BCUT2D eigenvalue weighted by molar-refractivity contribution is -0.127. The Balaban J connectivity index is 2.84. The zero-order chi connectivity index (χ0) is 14.3. The van der Waals surface area contributed by atoms with E-state index < -0.39 is 5.54 Å². The van der Waals surface area contributed by atoms with Crippen LogP contribution in [-0.2, 0) is 10.3 Å². The molecule has 106 valence electrons. The zero-order valence-electron chi connectivity index (χ0n) is 11.7. The zero-order valence-corrected chi connectivity index (χ0v) is 11.7. The first-order chi connectivity index (χ1) is 9.07. The molecule has 4 heteroatoms. The number of rotatable bonds is 7. The second-order valence-electron chi connectivity index (χ2n) is 5.07. The highest BCUT2D eigenvalue weighted by atomic mass is 16.3. The molecule has 1 aromatic carbocycles. The Morgan fingerprint density at radius 3 is 2.53 bits per heavy atom. The highest BCUT2D eigenvalue weighted by Gasteiger charge is 2.30. The summed E-state index contributed by atoms with van der Waals surface area (Å²) in [6.45, 7) is 4.03. The normalized spacial score (nSPS) is 15.6. The van der Waals surface area contributed by atoms with Gasteiger partial charge in [-0.05, 0) is 18.9 Å². The van der Waals surface area contributed by atoms with Gasteiger partial charge in [0, 0.05) is 6.54 Å². The summed E-state index contributed by atoms with van der Waals surface area (Å²) in [6, 6.07) is 9.48. The van der Waals surface area contributed by atoms with Gasteiger partial charge in [-0.2, -0.15) is 0 Å². The third-order valence-electron chi connectivity index (χ3n) is 3.42. The molecule has 1 aromatic rings. The molecule has 1 rings (SSSR count). The van der Waals surface area contributed by atoms with Crippen LogP contribution in [0.15, 0.2) is 30.3 Å². The van der Waals surface area contributed by atoms with Crippen molar-refractivity contribution in [3.8, 4) is 0 Å². The van der Waals surface area contributed by atoms with Gasteiger partial charge in [-0.25, -0.2) is 0 Å². The molecule has 0 radical (unpaired) electrons. The van der Waals surface area contributed by atoms with Crippen molar-refractivity contribution in [2.75, 3.05) is 13.2 Å². The molecule has 0 spiro atoms. The van der Waals surface area contributed by atoms with E-state index in [0.29, 0.717) is 6.54 Å². The lowest BCUT2D eigenvalue weighted by Crippen LogP contribution is -2.49. The maximum atomic E-state index is 12.2. The molecule has 1 amide bonds. The Morgan fingerprint density at radius 1 is 1.42 bits per heavy atom. The van der Waals surface area contributed by atoms with Crippen molar-refractivity contribution < 1.29 is 9.90 Å². The maximum Gasteiger partial charge on any atom is 0.225 e. The number of benzene rings is 1. The lowest BCUT2D eigenvalue weighted by Gasteiger charge is -2.31. The quantitative estimate of drug-likeness (QED) is 0.696. The number of carbonyl (C=O) groups excluding carboxylic acids is 1. The summed E-state index contributed by atoms with van der Waals surface area (Å²) >= 11 is 0. The Labute approximate surface area is 115 Å². The van der Waals surface area contributed by atoms with Crippen molar-refractivity contribution in [2.24, 2.45) is 11.7 Å². The minimum Gasteiger partial charge on any atom is -0.394 e. The first kappa shape index (κ1) is 15.7. The van der Waals surface area contributed by atoms with Crippen LogP contribution in [0.4, 0.5) is 0 Å². The van der Waals surface area contributed by atoms with E-state index >= 15 is 0 Å². The summed E-state index contributed by atoms with van der Waals surface area (Å²) in [5, 5.41) is 12.6. The molecule has 4 N–H and O–H groups in total. The predicted octanol–water partition coefficient (Wildman–Crippen LogP) is 1.39. The van der Waals surface area contributed by atoms with E-state index in [0.717, 1.165) is 18.4 Å². The minimum absolute atomic E-state index is 0.0928. The van der Waals surface area contributed by atoms with Gasteiger partial charge in [0.1, 0.15) is 0 Å². The fourth-order valence-corrected chi connectivity index (χ4v) is 2.09. The molecule has 0 aromatic heterocycles. The lowest BCUT2D eigenvalue weighted by atomic mass is 9.91. The van der Waals surface area contributed by atoms with Crippen molar-refractivity contribution in [2.45, 2.75) is 32.2 Å². The summed E-state index contributed by atoms with van der Waals surface area (Å²) in [5.41, 5.74) is 5.76. The van der Waals surface area contributed by atoms with Crippen molar-refractivity contribution in [1.82, 2.24) is 5.32 Å². The molecule has 0 heterocycles. The van der Waals surface area contributed by atoms with E-state index in [2.05, 4.69) is 5.32 Å². The maximum absolute atomic E-state index is 12.2. The van der Waals surface area contributed by atoms with Gasteiger partial charge < -0.3 is 16.2 Å². The van der Waals surface area contributed by atoms with E-state index in [-0.39, 0.29) is 18.4 Å². The molecule has 2 unspecified atom stereocenters. The van der Waals surface area contributed by atoms with E-state index in [4.69, 9.17) is 5.73 Å². The molecule has 0 bridgehead atoms. The Bertz CT molecular complexity index is 394. The van der Waals surface area contributed by atoms with Crippen LogP contribution in [0, 0.1) is 5.92 Å². The number of hydrogen-bond donors (Lipinski definition) is 3. The smallest absolute Gasteiger partial charge is 0.225 e. The Kier molecular flexibility index (Phi) is 5.99. The Hall–Kier alpha value is -1.39. The van der Waals surface area contributed by atoms with E-state index in [9.17, 15) is 9.90 Å². The second kappa shape index (κ2) is 7.26. The van der Waals surface area contributed by atoms with Crippen molar-refractivity contribution in [3.05, 3.63) is 35.9 Å². The van der Waals surface area contributed by atoms with Crippen LogP contribution in [-0.4, -0.2) is 24.2 Å². The van der Waals surface area contributed by atoms with Gasteiger partial charge in [-0.15, -0.1) is 0 Å². The number of carbonyl (C=O) groups is 1. The third-order valence-corrected chi connectivity index (χ3v) is 3.42. The molecule has 19 heavy (non-hydrogen) atoms. The number of aliphatic hydroxyl groups is 1. The fourth-order valence-electron chi connectivity index (χ4n) is 2.09. The summed E-state index contributed by atoms with van der Waals surface area (Å²) in [5.74, 6) is -0.288. The van der Waals surface area contributed by atoms with Gasteiger partial charge in [0.15, 0.2) is 0 Å². The number of amides is 1. The van der Waals surface area contributed by atoms with Gasteiger partial charge in [0.05, 0.1) is 18.1 Å². The molecule has 4 nitrogen and oxygen atoms in total. The number of nitrogens with one attached hydrogen (secondary N) is 1. The third kappa shape index (κ3) is 4.04. The van der Waals surface area contributed by atoms with Gasteiger partial charge in [0.2, 0.25) is 5.91 Å². The van der Waals surface area contributed by atoms with Gasteiger partial charge in [-0.1, -0.05) is 43.7 Å². The summed E-state index contributed by atoms with van der Waals surface area (Å²) in [7, 11) is 0. The highest BCUT2D eigenvalue weighted by Crippen LogP contribution is 2.21. The number of hydrogen-bond acceptors (Lipinski definition) is 3. The molecule has 0 saturated heterocycles. The first-order valence-electron chi connectivity index (χ1n) is 6.76. The average molecular weight is 264 g/mol. The first-order valence-corrected chi connectivity index (χ1v) is 6.76. The fraction of sp³-hybridized carbons (Fsp3) is 0.533. The van der Waals surface area contributed by atoms with Crippen LogP contribution in [0.5, 0.6) is 0 Å². The van der Waals surface area contributed by atoms with Gasteiger partial charge in [0.25, 0.3) is 0 Å². The minimum atomic E-state index is -0.764. The van der Waals surface area contributed by atoms with Crippen LogP contribution < -0.4 is 11.1 Å². The molecule has 2 atom stereocenters.